The molecule has 0 unspecified atom stereocenters. The van der Waals surface area contributed by atoms with Crippen molar-refractivity contribution in [3.63, 3.8) is 0 Å². The number of halogens is 2. The number of nitro groups is 1. The van der Waals surface area contributed by atoms with E-state index in [9.17, 15) is 15.2 Å². The van der Waals surface area contributed by atoms with E-state index in [1.165, 1.54) is 78.9 Å². The van der Waals surface area contributed by atoms with Crippen LogP contribution in [0, 0.1) is 37.8 Å². The maximum atomic E-state index is 10.8. The van der Waals surface area contributed by atoms with E-state index in [1.807, 2.05) is 26.0 Å². The van der Waals surface area contributed by atoms with Gasteiger partial charge in [0.1, 0.15) is 5.75 Å². The van der Waals surface area contributed by atoms with Crippen LogP contribution in [0.15, 0.2) is 88.3 Å². The Morgan fingerprint density at radius 1 is 0.729 bits per heavy atom. The number of phenolic OH excluding ortho intramolecular Hbond substituents is 1. The minimum atomic E-state index is -0.507. The van der Waals surface area contributed by atoms with Crippen molar-refractivity contribution in [1.29, 1.82) is 0 Å². The molecule has 0 aromatic heterocycles. The van der Waals surface area contributed by atoms with E-state index in [0.29, 0.717) is 5.56 Å². The van der Waals surface area contributed by atoms with Crippen LogP contribution in [0.25, 0.3) is 5.57 Å². The first-order chi connectivity index (χ1) is 28.5. The molecule has 4 aliphatic carbocycles. The third-order valence-electron chi connectivity index (χ3n) is 12.8. The fourth-order valence-corrected chi connectivity index (χ4v) is 17.4. The molecule has 3 saturated carbocycles. The van der Waals surface area contributed by atoms with Crippen molar-refractivity contribution in [3.8, 4) is 5.75 Å². The van der Waals surface area contributed by atoms with Crippen LogP contribution < -0.4 is 0 Å². The summed E-state index contributed by atoms with van der Waals surface area (Å²) in [6.07, 6.45) is 27.5. The Bertz CT molecular complexity index is 2100. The van der Waals surface area contributed by atoms with Crippen LogP contribution in [0.5, 0.6) is 5.75 Å². The summed E-state index contributed by atoms with van der Waals surface area (Å²) >= 11 is 3.18. The third-order valence-corrected chi connectivity index (χ3v) is 19.8. The Morgan fingerprint density at radius 2 is 1.25 bits per heavy atom. The molecule has 59 heavy (non-hydrogen) atoms. The number of benzene rings is 4. The van der Waals surface area contributed by atoms with Crippen molar-refractivity contribution < 1.29 is 25.7 Å². The Kier molecular flexibility index (Phi) is 17.3. The van der Waals surface area contributed by atoms with Crippen LogP contribution in [0.1, 0.15) is 141 Å². The predicted octanol–water partition coefficient (Wildman–Crippen LogP) is 15.1. The summed E-state index contributed by atoms with van der Waals surface area (Å²) in [7, 11) is 6.14. The number of aliphatic imine (C=N–C) groups is 1. The molecule has 0 atom stereocenters. The van der Waals surface area contributed by atoms with Gasteiger partial charge in [-0.1, -0.05) is 35.2 Å². The number of nitro benzene ring substituents is 1. The Labute approximate surface area is 373 Å². The van der Waals surface area contributed by atoms with Crippen molar-refractivity contribution in [3.05, 3.63) is 138 Å². The van der Waals surface area contributed by atoms with E-state index in [-0.39, 0.29) is 35.0 Å². The molecule has 5 nitrogen and oxygen atoms in total. The molecule has 8 rings (SSSR count). The average molecular weight is 985 g/mol. The van der Waals surface area contributed by atoms with Crippen LogP contribution in [-0.2, 0) is 15.7 Å². The first kappa shape index (κ1) is 45.7. The number of non-ortho nitro benzene ring substituents is 1. The van der Waals surface area contributed by atoms with Gasteiger partial charge >= 0.3 is 125 Å². The fourth-order valence-electron chi connectivity index (χ4n) is 9.94. The predicted molar refractivity (Wildman–Crippen MR) is 254 cm³/mol. The molecule has 4 aromatic rings. The van der Waals surface area contributed by atoms with Crippen LogP contribution in [0.3, 0.4) is 0 Å². The van der Waals surface area contributed by atoms with Crippen molar-refractivity contribution in [1.82, 2.24) is 0 Å². The molecule has 4 aromatic carbocycles. The van der Waals surface area contributed by atoms with E-state index in [0.717, 1.165) is 21.3 Å². The van der Waals surface area contributed by atoms with E-state index in [4.69, 9.17) is 9.69 Å². The first-order valence-electron chi connectivity index (χ1n) is 21.7. The first-order valence-corrected chi connectivity index (χ1v) is 27.3. The van der Waals surface area contributed by atoms with Gasteiger partial charge in [-0.3, -0.25) is 15.1 Å². The second kappa shape index (κ2) is 22.3. The van der Waals surface area contributed by atoms with Gasteiger partial charge in [-0.25, -0.2) is 0 Å². The van der Waals surface area contributed by atoms with Crippen molar-refractivity contribution >= 4 is 60.8 Å². The van der Waals surface area contributed by atoms with Gasteiger partial charge in [0.05, 0.1) is 27.6 Å². The Morgan fingerprint density at radius 3 is 1.78 bits per heavy atom. The van der Waals surface area contributed by atoms with Crippen LogP contribution in [0.4, 0.5) is 11.4 Å². The van der Waals surface area contributed by atoms with E-state index < -0.39 is 4.92 Å². The SMILES string of the molecule is C1CCC([PH+](C2CCCCC2)C2CCCCC2)CC1.Cc1cc(Br)cc(C)c1N=Cc1cc([N+](=O)[O-])ccc1O.Cc1ccccc1C1=C[C](=[Ru][Cl])c2cccc(C)c21. The van der Waals surface area contributed by atoms with Gasteiger partial charge in [-0.05, 0) is 120 Å². The fraction of sp³-hybridized carbons (Fsp3) is 0.440. The van der Waals surface area contributed by atoms with Crippen molar-refractivity contribution in [2.75, 3.05) is 0 Å². The number of aryl methyl sites for hydroxylation is 4. The van der Waals surface area contributed by atoms with E-state index in [2.05, 4.69) is 83.3 Å². The summed E-state index contributed by atoms with van der Waals surface area (Å²) in [5.41, 5.74) is 14.6. The van der Waals surface area contributed by atoms with Gasteiger partial charge in [-0.15, -0.1) is 0 Å². The molecule has 0 radical (unpaired) electrons. The summed E-state index contributed by atoms with van der Waals surface area (Å²) in [5, 5.41) is 20.5. The molecule has 3 fully saturated rings. The zero-order valence-electron chi connectivity index (χ0n) is 35.2. The molecule has 0 amide bonds. The zero-order valence-corrected chi connectivity index (χ0v) is 40.3. The maximum absolute atomic E-state index is 10.8. The van der Waals surface area contributed by atoms with Gasteiger partial charge in [0.2, 0.25) is 0 Å². The van der Waals surface area contributed by atoms with Gasteiger partial charge < -0.3 is 5.11 Å². The molecule has 1 N–H and O–H groups in total. The van der Waals surface area contributed by atoms with Crippen LogP contribution >= 0.6 is 33.5 Å². The van der Waals surface area contributed by atoms with Gasteiger partial charge in [-0.2, -0.15) is 0 Å². The van der Waals surface area contributed by atoms with Crippen LogP contribution in [0.2, 0.25) is 0 Å². The standard InChI is InChI=1S/C18H33P.C17H14.C15H13BrN2O3.ClH.Ru/c1-4-10-16(11-5-1)19(17-12-6-2-7-13-17)18-14-8-3-9-15-18;1-12-6-3-4-9-15(12)16-11-10-14-8-5-7-13(2)17(14)16;1-9-5-12(16)6-10(2)15(9)17-8-11-7-13(18(20)21)3-4-14(11)19;;/h16-18H,1-15H2;3-9,11H,1-2H3;3-8,19H,1-2H3;1H;/q;;;;+1. The molecule has 4 aliphatic rings. The number of allylic oxidation sites excluding steroid dienone is 1. The topological polar surface area (TPSA) is 75.7 Å². The zero-order chi connectivity index (χ0) is 41.9. The molecule has 9 heteroatoms. The van der Waals surface area contributed by atoms with E-state index >= 15 is 0 Å². The van der Waals surface area contributed by atoms with Crippen molar-refractivity contribution in [2.45, 2.75) is 141 Å². The van der Waals surface area contributed by atoms with E-state index in [1.54, 1.807) is 96.3 Å². The number of rotatable bonds is 7. The number of nitrogens with zero attached hydrogens (tertiary/aromatic N) is 2. The number of hydrogen-bond donors (Lipinski definition) is 1. The summed E-state index contributed by atoms with van der Waals surface area (Å²) in [4.78, 5) is 14.6. The molecular formula is C50H61BrClN2O3PRu+. The van der Waals surface area contributed by atoms with Gasteiger partial charge in [0.25, 0.3) is 5.69 Å². The van der Waals surface area contributed by atoms with Crippen LogP contribution in [-0.4, -0.2) is 37.3 Å². The van der Waals surface area contributed by atoms with Gasteiger partial charge in [0.15, 0.2) is 0 Å². The third kappa shape index (κ3) is 12.0. The Balaban J connectivity index is 0.000000149. The molecule has 0 aliphatic heterocycles. The summed E-state index contributed by atoms with van der Waals surface area (Å²) in [6, 6.07) is 22.8. The summed E-state index contributed by atoms with van der Waals surface area (Å²) in [5.74, 6) is -0.0447. The molecule has 0 saturated heterocycles. The number of aromatic hydroxyl groups is 1. The molecule has 315 valence electrons. The summed E-state index contributed by atoms with van der Waals surface area (Å²) < 4.78 is 2.28. The normalized spacial score (nSPS) is 18.4. The molecule has 0 bridgehead atoms. The van der Waals surface area contributed by atoms with Gasteiger partial charge in [0, 0.05) is 36.3 Å². The molecule has 0 heterocycles. The quantitative estimate of drug-likeness (QED) is 0.0659. The molecule has 0 spiro atoms. The minimum absolute atomic E-state index is 0.0447. The second-order valence-electron chi connectivity index (χ2n) is 16.9. The monoisotopic (exact) mass is 984 g/mol. The number of hydrogen-bond acceptors (Lipinski definition) is 4. The number of phenols is 1. The van der Waals surface area contributed by atoms with Crippen molar-refractivity contribution in [2.24, 2.45) is 4.99 Å². The second-order valence-corrected chi connectivity index (χ2v) is 23.3. The molecular weight excluding hydrogens is 924 g/mol. The number of fused-ring (bicyclic) bond motifs is 1. The Hall–Kier alpha value is -2.82. The average Bonchev–Trinajstić information content (AvgIpc) is 3.63. The summed E-state index contributed by atoms with van der Waals surface area (Å²) in [6.45, 7) is 8.20.